The van der Waals surface area contributed by atoms with Crippen molar-refractivity contribution in [3.05, 3.63) is 0 Å². The molecule has 0 radical (unpaired) electrons. The Bertz CT molecular complexity index is 320. The molecule has 4 atom stereocenters. The summed E-state index contributed by atoms with van der Waals surface area (Å²) < 4.78 is 0. The molecule has 20 heavy (non-hydrogen) atoms. The van der Waals surface area contributed by atoms with Gasteiger partial charge in [0, 0.05) is 22.1 Å². The minimum absolute atomic E-state index is 0.0529. The summed E-state index contributed by atoms with van der Waals surface area (Å²) in [5.74, 6) is 0.928. The van der Waals surface area contributed by atoms with Gasteiger partial charge in [-0.2, -0.15) is 11.8 Å². The third-order valence-corrected chi connectivity index (χ3v) is 7.06. The quantitative estimate of drug-likeness (QED) is 0.811. The lowest BCUT2D eigenvalue weighted by molar-refractivity contribution is 0.121. The highest BCUT2D eigenvalue weighted by molar-refractivity contribution is 8.00. The van der Waals surface area contributed by atoms with Gasteiger partial charge in [-0.05, 0) is 50.9 Å². The van der Waals surface area contributed by atoms with Crippen molar-refractivity contribution >= 4 is 11.8 Å². The first-order valence-corrected chi connectivity index (χ1v) is 9.67. The molecule has 3 saturated carbocycles. The van der Waals surface area contributed by atoms with Crippen molar-refractivity contribution in [2.24, 2.45) is 5.92 Å². The van der Waals surface area contributed by atoms with Gasteiger partial charge >= 0.3 is 0 Å². The number of rotatable bonds is 5. The minimum atomic E-state index is 0.0529. The first-order valence-electron chi connectivity index (χ1n) is 8.73. The van der Waals surface area contributed by atoms with E-state index in [1.54, 1.807) is 0 Å². The van der Waals surface area contributed by atoms with E-state index in [4.69, 9.17) is 0 Å². The molecule has 116 valence electrons. The van der Waals surface area contributed by atoms with E-state index in [0.29, 0.717) is 12.6 Å². The summed E-state index contributed by atoms with van der Waals surface area (Å²) >= 11 is 2.26. The Morgan fingerprint density at radius 2 is 1.90 bits per heavy atom. The molecule has 3 fully saturated rings. The SMILES string of the molecule is CC1CCCC(SC2CCCC(CO)(NC3CC3)C2)C1. The Balaban J connectivity index is 1.53. The van der Waals surface area contributed by atoms with E-state index in [1.807, 2.05) is 0 Å². The summed E-state index contributed by atoms with van der Waals surface area (Å²) in [5.41, 5.74) is 0.0529. The summed E-state index contributed by atoms with van der Waals surface area (Å²) in [5, 5.41) is 15.3. The van der Waals surface area contributed by atoms with Crippen molar-refractivity contribution < 1.29 is 5.11 Å². The topological polar surface area (TPSA) is 32.3 Å². The molecule has 3 aliphatic rings. The average Bonchev–Trinajstić information content (AvgIpc) is 3.23. The van der Waals surface area contributed by atoms with Crippen LogP contribution >= 0.6 is 11.8 Å². The van der Waals surface area contributed by atoms with Gasteiger partial charge in [-0.15, -0.1) is 0 Å². The Kier molecular flexibility index (Phi) is 4.99. The second-order valence-electron chi connectivity index (χ2n) is 7.61. The zero-order chi connectivity index (χ0) is 14.0. The molecule has 0 aliphatic heterocycles. The summed E-state index contributed by atoms with van der Waals surface area (Å²) in [4.78, 5) is 0. The van der Waals surface area contributed by atoms with Gasteiger partial charge < -0.3 is 10.4 Å². The summed E-state index contributed by atoms with van der Waals surface area (Å²) in [6.45, 7) is 2.75. The van der Waals surface area contributed by atoms with Crippen molar-refractivity contribution in [1.82, 2.24) is 5.32 Å². The molecule has 0 bridgehead atoms. The molecule has 0 heterocycles. The number of hydrogen-bond acceptors (Lipinski definition) is 3. The van der Waals surface area contributed by atoms with Crippen molar-refractivity contribution in [2.75, 3.05) is 6.61 Å². The van der Waals surface area contributed by atoms with Gasteiger partial charge in [-0.1, -0.05) is 26.2 Å². The number of thioether (sulfide) groups is 1. The zero-order valence-electron chi connectivity index (χ0n) is 12.9. The largest absolute Gasteiger partial charge is 0.394 e. The van der Waals surface area contributed by atoms with Gasteiger partial charge in [0.15, 0.2) is 0 Å². The molecule has 0 amide bonds. The van der Waals surface area contributed by atoms with Crippen molar-refractivity contribution in [1.29, 1.82) is 0 Å². The van der Waals surface area contributed by atoms with Crippen LogP contribution in [0.5, 0.6) is 0 Å². The van der Waals surface area contributed by atoms with E-state index in [1.165, 1.54) is 64.2 Å². The highest BCUT2D eigenvalue weighted by Gasteiger charge is 2.40. The van der Waals surface area contributed by atoms with Crippen LogP contribution in [0.3, 0.4) is 0 Å². The van der Waals surface area contributed by atoms with Gasteiger partial charge in [-0.25, -0.2) is 0 Å². The lowest BCUT2D eigenvalue weighted by Gasteiger charge is -2.42. The fourth-order valence-electron chi connectivity index (χ4n) is 4.18. The van der Waals surface area contributed by atoms with Gasteiger partial charge in [0.25, 0.3) is 0 Å². The number of hydrogen-bond donors (Lipinski definition) is 2. The van der Waals surface area contributed by atoms with Gasteiger partial charge in [0.1, 0.15) is 0 Å². The summed E-state index contributed by atoms with van der Waals surface area (Å²) in [6, 6.07) is 0.709. The Labute approximate surface area is 128 Å². The molecule has 0 aromatic heterocycles. The maximum absolute atomic E-state index is 9.91. The Morgan fingerprint density at radius 3 is 2.60 bits per heavy atom. The van der Waals surface area contributed by atoms with Crippen LogP contribution in [-0.2, 0) is 0 Å². The normalized spacial score (nSPS) is 42.6. The summed E-state index contributed by atoms with van der Waals surface area (Å²) in [7, 11) is 0. The molecule has 0 saturated heterocycles. The second kappa shape index (κ2) is 6.58. The molecule has 3 rings (SSSR count). The molecule has 3 heteroatoms. The highest BCUT2D eigenvalue weighted by atomic mass is 32.2. The fourth-order valence-corrected chi connectivity index (χ4v) is 6.18. The van der Waals surface area contributed by atoms with Crippen LogP contribution < -0.4 is 5.32 Å². The van der Waals surface area contributed by atoms with E-state index in [0.717, 1.165) is 16.4 Å². The Hall–Kier alpha value is 0.270. The second-order valence-corrected chi connectivity index (χ2v) is 9.21. The molecule has 0 aromatic rings. The first kappa shape index (κ1) is 15.2. The van der Waals surface area contributed by atoms with Crippen LogP contribution in [0.25, 0.3) is 0 Å². The molecule has 0 aromatic carbocycles. The molecule has 2 nitrogen and oxygen atoms in total. The maximum atomic E-state index is 9.91. The summed E-state index contributed by atoms with van der Waals surface area (Å²) in [6.07, 6.45) is 13.4. The van der Waals surface area contributed by atoms with E-state index in [2.05, 4.69) is 24.0 Å². The smallest absolute Gasteiger partial charge is 0.0613 e. The maximum Gasteiger partial charge on any atom is 0.0613 e. The molecule has 2 N–H and O–H groups in total. The van der Waals surface area contributed by atoms with Crippen LogP contribution in [0.1, 0.15) is 71.1 Å². The molecular formula is C17H31NOS. The van der Waals surface area contributed by atoms with Crippen molar-refractivity contribution in [3.8, 4) is 0 Å². The molecular weight excluding hydrogens is 266 g/mol. The predicted octanol–water partition coefficient (Wildman–Crippen LogP) is 3.72. The van der Waals surface area contributed by atoms with Crippen LogP contribution in [0.2, 0.25) is 0 Å². The van der Waals surface area contributed by atoms with E-state index in [-0.39, 0.29) is 5.54 Å². The molecule has 0 spiro atoms. The number of aliphatic hydroxyl groups excluding tert-OH is 1. The molecule has 3 aliphatic carbocycles. The lowest BCUT2D eigenvalue weighted by atomic mass is 9.82. The van der Waals surface area contributed by atoms with Gasteiger partial charge in [0.2, 0.25) is 0 Å². The average molecular weight is 298 g/mol. The van der Waals surface area contributed by atoms with Crippen molar-refractivity contribution in [3.63, 3.8) is 0 Å². The zero-order valence-corrected chi connectivity index (χ0v) is 13.8. The number of nitrogens with one attached hydrogen (secondary N) is 1. The van der Waals surface area contributed by atoms with Crippen LogP contribution in [-0.4, -0.2) is 33.8 Å². The predicted molar refractivity (Wildman–Crippen MR) is 87.2 cm³/mol. The third-order valence-electron chi connectivity index (χ3n) is 5.46. The Morgan fingerprint density at radius 1 is 1.10 bits per heavy atom. The standard InChI is InChI=1S/C17H31NOS/c1-13-4-2-5-15(10-13)20-16-6-3-9-17(11-16,12-19)18-14-7-8-14/h13-16,18-19H,2-12H2,1H3. The van der Waals surface area contributed by atoms with Gasteiger partial charge in [-0.3, -0.25) is 0 Å². The van der Waals surface area contributed by atoms with E-state index >= 15 is 0 Å². The van der Waals surface area contributed by atoms with E-state index < -0.39 is 0 Å². The first-order chi connectivity index (χ1) is 9.69. The monoisotopic (exact) mass is 297 g/mol. The lowest BCUT2D eigenvalue weighted by Crippen LogP contribution is -2.53. The van der Waals surface area contributed by atoms with Crippen molar-refractivity contribution in [2.45, 2.75) is 93.2 Å². The van der Waals surface area contributed by atoms with Gasteiger partial charge in [0.05, 0.1) is 6.61 Å². The fraction of sp³-hybridized carbons (Fsp3) is 1.00. The van der Waals surface area contributed by atoms with E-state index in [9.17, 15) is 5.11 Å². The highest BCUT2D eigenvalue weighted by Crippen LogP contribution is 2.42. The third kappa shape index (κ3) is 3.92. The minimum Gasteiger partial charge on any atom is -0.394 e. The van der Waals surface area contributed by atoms with Crippen LogP contribution in [0.15, 0.2) is 0 Å². The van der Waals surface area contributed by atoms with Crippen LogP contribution in [0, 0.1) is 5.92 Å². The molecule has 4 unspecified atom stereocenters. The number of aliphatic hydroxyl groups is 1. The van der Waals surface area contributed by atoms with Crippen LogP contribution in [0.4, 0.5) is 0 Å².